The topological polar surface area (TPSA) is 38.3 Å². The summed E-state index contributed by atoms with van der Waals surface area (Å²) >= 11 is 1.69. The van der Waals surface area contributed by atoms with Gasteiger partial charge in [-0.2, -0.15) is 0 Å². The number of carbonyl (C=O) groups is 1. The molecule has 0 aliphatic carbocycles. The molecule has 0 bridgehead atoms. The van der Waals surface area contributed by atoms with Crippen molar-refractivity contribution in [2.45, 2.75) is 30.0 Å². The monoisotopic (exact) mass is 391 g/mol. The molecule has 0 saturated heterocycles. The molecule has 4 heteroatoms. The highest BCUT2D eigenvalue weighted by Crippen LogP contribution is 2.27. The van der Waals surface area contributed by atoms with E-state index < -0.39 is 0 Å². The van der Waals surface area contributed by atoms with E-state index >= 15 is 0 Å². The molecule has 3 rings (SSSR count). The Labute approximate surface area is 171 Å². The number of carbonyl (C=O) groups excluding carboxylic acids is 1. The molecule has 28 heavy (non-hydrogen) atoms. The highest BCUT2D eigenvalue weighted by molar-refractivity contribution is 7.98. The van der Waals surface area contributed by atoms with Crippen molar-refractivity contribution in [1.29, 1.82) is 0 Å². The zero-order valence-electron chi connectivity index (χ0n) is 16.2. The highest BCUT2D eigenvalue weighted by Gasteiger charge is 2.17. The standard InChI is InChI=1S/C24H25NO2S/c1-3-22(19-13-15-20(27-2)16-14-19)25-24(26)21-11-7-8-12-23(21)28-17-18-9-5-4-6-10-18/h4-16,22H,3,17H2,1-2H3,(H,25,26). The average Bonchev–Trinajstić information content (AvgIpc) is 2.77. The van der Waals surface area contributed by atoms with Gasteiger partial charge in [-0.3, -0.25) is 4.79 Å². The lowest BCUT2D eigenvalue weighted by Gasteiger charge is -2.19. The van der Waals surface area contributed by atoms with Crippen molar-refractivity contribution in [3.05, 3.63) is 95.6 Å². The van der Waals surface area contributed by atoms with E-state index in [1.165, 1.54) is 5.56 Å². The molecule has 0 saturated carbocycles. The van der Waals surface area contributed by atoms with Crippen LogP contribution in [0.3, 0.4) is 0 Å². The predicted molar refractivity (Wildman–Crippen MR) is 116 cm³/mol. The van der Waals surface area contributed by atoms with Crippen molar-refractivity contribution < 1.29 is 9.53 Å². The van der Waals surface area contributed by atoms with Gasteiger partial charge in [-0.25, -0.2) is 0 Å². The second kappa shape index (κ2) is 10.00. The van der Waals surface area contributed by atoms with Gasteiger partial charge in [0, 0.05) is 10.6 Å². The van der Waals surface area contributed by atoms with Crippen LogP contribution < -0.4 is 10.1 Å². The number of rotatable bonds is 8. The van der Waals surface area contributed by atoms with Gasteiger partial charge < -0.3 is 10.1 Å². The van der Waals surface area contributed by atoms with E-state index in [0.717, 1.165) is 33.9 Å². The maximum Gasteiger partial charge on any atom is 0.252 e. The Kier molecular flexibility index (Phi) is 7.15. The lowest BCUT2D eigenvalue weighted by atomic mass is 10.0. The van der Waals surface area contributed by atoms with Crippen LogP contribution in [0.15, 0.2) is 83.8 Å². The minimum Gasteiger partial charge on any atom is -0.497 e. The fourth-order valence-corrected chi connectivity index (χ4v) is 4.01. The molecule has 0 fully saturated rings. The smallest absolute Gasteiger partial charge is 0.252 e. The van der Waals surface area contributed by atoms with Gasteiger partial charge in [0.15, 0.2) is 0 Å². The first-order valence-corrected chi connectivity index (χ1v) is 10.4. The highest BCUT2D eigenvalue weighted by atomic mass is 32.2. The molecule has 1 amide bonds. The van der Waals surface area contributed by atoms with E-state index in [4.69, 9.17) is 4.74 Å². The van der Waals surface area contributed by atoms with Gasteiger partial charge >= 0.3 is 0 Å². The van der Waals surface area contributed by atoms with Crippen molar-refractivity contribution in [2.75, 3.05) is 7.11 Å². The van der Waals surface area contributed by atoms with E-state index in [2.05, 4.69) is 24.4 Å². The summed E-state index contributed by atoms with van der Waals surface area (Å²) in [4.78, 5) is 14.0. The predicted octanol–water partition coefficient (Wildman–Crippen LogP) is 5.87. The molecular weight excluding hydrogens is 366 g/mol. The Hall–Kier alpha value is -2.72. The summed E-state index contributed by atoms with van der Waals surface area (Å²) in [5.74, 6) is 1.60. The maximum atomic E-state index is 13.0. The number of amides is 1. The lowest BCUT2D eigenvalue weighted by Crippen LogP contribution is -2.28. The molecule has 0 radical (unpaired) electrons. The van der Waals surface area contributed by atoms with Crippen molar-refractivity contribution in [2.24, 2.45) is 0 Å². The minimum absolute atomic E-state index is 0.0365. The van der Waals surface area contributed by atoms with E-state index in [0.29, 0.717) is 0 Å². The third-order valence-electron chi connectivity index (χ3n) is 4.60. The van der Waals surface area contributed by atoms with Crippen molar-refractivity contribution in [3.8, 4) is 5.75 Å². The van der Waals surface area contributed by atoms with Gasteiger partial charge in [0.1, 0.15) is 5.75 Å². The van der Waals surface area contributed by atoms with Crippen LogP contribution in [0, 0.1) is 0 Å². The van der Waals surface area contributed by atoms with Gasteiger partial charge in [-0.1, -0.05) is 61.5 Å². The van der Waals surface area contributed by atoms with Crippen molar-refractivity contribution >= 4 is 17.7 Å². The second-order valence-corrected chi connectivity index (χ2v) is 7.50. The normalized spacial score (nSPS) is 11.6. The fourth-order valence-electron chi connectivity index (χ4n) is 3.01. The Morgan fingerprint density at radius 1 is 0.964 bits per heavy atom. The molecule has 0 heterocycles. The molecule has 3 aromatic carbocycles. The van der Waals surface area contributed by atoms with Crippen LogP contribution in [0.5, 0.6) is 5.75 Å². The zero-order chi connectivity index (χ0) is 19.8. The van der Waals surface area contributed by atoms with E-state index in [9.17, 15) is 4.79 Å². The molecule has 0 aliphatic heterocycles. The van der Waals surface area contributed by atoms with Crippen molar-refractivity contribution in [1.82, 2.24) is 5.32 Å². The molecule has 1 unspecified atom stereocenters. The molecule has 0 aliphatic rings. The number of hydrogen-bond donors (Lipinski definition) is 1. The minimum atomic E-state index is -0.0428. The largest absolute Gasteiger partial charge is 0.497 e. The second-order valence-electron chi connectivity index (χ2n) is 6.48. The van der Waals surface area contributed by atoms with Gasteiger partial charge in [0.2, 0.25) is 0 Å². The molecule has 0 spiro atoms. The number of benzene rings is 3. The summed E-state index contributed by atoms with van der Waals surface area (Å²) in [6, 6.07) is 25.9. The average molecular weight is 392 g/mol. The number of nitrogens with one attached hydrogen (secondary N) is 1. The van der Waals surface area contributed by atoms with Crippen LogP contribution in [-0.4, -0.2) is 13.0 Å². The maximum absolute atomic E-state index is 13.0. The summed E-state index contributed by atoms with van der Waals surface area (Å²) < 4.78 is 5.22. The molecule has 0 aromatic heterocycles. The number of ether oxygens (including phenoxy) is 1. The zero-order valence-corrected chi connectivity index (χ0v) is 17.0. The third kappa shape index (κ3) is 5.17. The summed E-state index contributed by atoms with van der Waals surface area (Å²) in [6.45, 7) is 2.07. The van der Waals surface area contributed by atoms with Crippen LogP contribution in [0.1, 0.15) is 40.9 Å². The van der Waals surface area contributed by atoms with Crippen LogP contribution in [0.4, 0.5) is 0 Å². The van der Waals surface area contributed by atoms with Gasteiger partial charge in [-0.05, 0) is 41.8 Å². The quantitative estimate of drug-likeness (QED) is 0.488. The first-order valence-electron chi connectivity index (χ1n) is 9.41. The Morgan fingerprint density at radius 3 is 2.32 bits per heavy atom. The van der Waals surface area contributed by atoms with E-state index in [1.807, 2.05) is 66.7 Å². The van der Waals surface area contributed by atoms with E-state index in [1.54, 1.807) is 18.9 Å². The van der Waals surface area contributed by atoms with Gasteiger partial charge in [0.05, 0.1) is 18.7 Å². The fraction of sp³-hybridized carbons (Fsp3) is 0.208. The summed E-state index contributed by atoms with van der Waals surface area (Å²) in [5, 5.41) is 3.18. The van der Waals surface area contributed by atoms with Crippen LogP contribution in [0.25, 0.3) is 0 Å². The molecule has 1 atom stereocenters. The number of methoxy groups -OCH3 is 1. The molecule has 1 N–H and O–H groups in total. The first-order chi connectivity index (χ1) is 13.7. The van der Waals surface area contributed by atoms with Crippen LogP contribution in [0.2, 0.25) is 0 Å². The first kappa shape index (κ1) is 20.0. The summed E-state index contributed by atoms with van der Waals surface area (Å²) in [7, 11) is 1.65. The van der Waals surface area contributed by atoms with Crippen LogP contribution >= 0.6 is 11.8 Å². The Morgan fingerprint density at radius 2 is 1.64 bits per heavy atom. The SMILES string of the molecule is CCC(NC(=O)c1ccccc1SCc1ccccc1)c1ccc(OC)cc1. The van der Waals surface area contributed by atoms with Gasteiger partial charge in [-0.15, -0.1) is 11.8 Å². The molecule has 144 valence electrons. The molecule has 3 nitrogen and oxygen atoms in total. The molecule has 3 aromatic rings. The lowest BCUT2D eigenvalue weighted by molar-refractivity contribution is 0.0932. The van der Waals surface area contributed by atoms with Crippen LogP contribution in [-0.2, 0) is 5.75 Å². The van der Waals surface area contributed by atoms with Gasteiger partial charge in [0.25, 0.3) is 5.91 Å². The summed E-state index contributed by atoms with van der Waals surface area (Å²) in [6.07, 6.45) is 0.817. The summed E-state index contributed by atoms with van der Waals surface area (Å²) in [5.41, 5.74) is 3.04. The Bertz CT molecular complexity index is 894. The number of hydrogen-bond acceptors (Lipinski definition) is 3. The van der Waals surface area contributed by atoms with E-state index in [-0.39, 0.29) is 11.9 Å². The third-order valence-corrected chi connectivity index (χ3v) is 5.75. The number of thioether (sulfide) groups is 1. The van der Waals surface area contributed by atoms with Crippen molar-refractivity contribution in [3.63, 3.8) is 0 Å². The Balaban J connectivity index is 1.72. The molecular formula is C24H25NO2S.